The third-order valence-corrected chi connectivity index (χ3v) is 2.34. The molecule has 0 radical (unpaired) electrons. The van der Waals surface area contributed by atoms with E-state index in [1.165, 1.54) is 13.2 Å². The molecule has 0 unspecified atom stereocenters. The van der Waals surface area contributed by atoms with E-state index in [9.17, 15) is 8.78 Å². The molecule has 0 aliphatic heterocycles. The van der Waals surface area contributed by atoms with Crippen molar-refractivity contribution in [3.05, 3.63) is 48.0 Å². The summed E-state index contributed by atoms with van der Waals surface area (Å²) in [5, 5.41) is 0. The first-order valence-electron chi connectivity index (χ1n) is 5.17. The van der Waals surface area contributed by atoms with E-state index in [-0.39, 0.29) is 11.4 Å². The van der Waals surface area contributed by atoms with Crippen LogP contribution in [0.25, 0.3) is 0 Å². The van der Waals surface area contributed by atoms with E-state index in [2.05, 4.69) is 0 Å². The van der Waals surface area contributed by atoms with E-state index in [0.717, 1.165) is 6.07 Å². The highest BCUT2D eigenvalue weighted by Gasteiger charge is 2.14. The molecule has 2 aromatic carbocycles. The van der Waals surface area contributed by atoms with Crippen molar-refractivity contribution in [2.24, 2.45) is 0 Å². The number of anilines is 1. The summed E-state index contributed by atoms with van der Waals surface area (Å²) in [6.45, 7) is 0. The molecule has 0 aliphatic carbocycles. The average molecular weight is 251 g/mol. The predicted octanol–water partition coefficient (Wildman–Crippen LogP) is 3.35. The highest BCUT2D eigenvalue weighted by molar-refractivity contribution is 5.55. The number of nitrogen functional groups attached to an aromatic ring is 1. The molecule has 3 nitrogen and oxygen atoms in total. The van der Waals surface area contributed by atoms with Crippen molar-refractivity contribution in [2.45, 2.75) is 0 Å². The summed E-state index contributed by atoms with van der Waals surface area (Å²) in [7, 11) is 1.50. The summed E-state index contributed by atoms with van der Waals surface area (Å²) in [6, 6.07) is 8.70. The largest absolute Gasteiger partial charge is 0.497 e. The molecule has 0 saturated heterocycles. The van der Waals surface area contributed by atoms with Crippen LogP contribution in [0.15, 0.2) is 36.4 Å². The minimum atomic E-state index is -1.11. The lowest BCUT2D eigenvalue weighted by molar-refractivity contribution is 0.400. The lowest BCUT2D eigenvalue weighted by Crippen LogP contribution is -1.98. The van der Waals surface area contributed by atoms with Crippen LogP contribution in [-0.2, 0) is 0 Å². The molecule has 18 heavy (non-hydrogen) atoms. The first-order chi connectivity index (χ1) is 8.61. The minimum absolute atomic E-state index is 0.0247. The fraction of sp³-hybridized carbons (Fsp3) is 0.0769. The molecular formula is C13H11F2NO2. The molecule has 0 bridgehead atoms. The Kier molecular flexibility index (Phi) is 3.32. The molecule has 2 N–H and O–H groups in total. The fourth-order valence-electron chi connectivity index (χ4n) is 1.43. The molecule has 0 aliphatic rings. The zero-order chi connectivity index (χ0) is 13.1. The summed E-state index contributed by atoms with van der Waals surface area (Å²) >= 11 is 0. The normalized spacial score (nSPS) is 10.2. The van der Waals surface area contributed by atoms with Crippen molar-refractivity contribution in [1.29, 1.82) is 0 Å². The average Bonchev–Trinajstić information content (AvgIpc) is 2.39. The maximum Gasteiger partial charge on any atom is 0.203 e. The molecular weight excluding hydrogens is 240 g/mol. The summed E-state index contributed by atoms with van der Waals surface area (Å²) in [5.74, 6) is -1.60. The highest BCUT2D eigenvalue weighted by atomic mass is 19.2. The minimum Gasteiger partial charge on any atom is -0.497 e. The fourth-order valence-corrected chi connectivity index (χ4v) is 1.43. The van der Waals surface area contributed by atoms with Gasteiger partial charge in [-0.2, -0.15) is 4.39 Å². The molecule has 2 rings (SSSR count). The Morgan fingerprint density at radius 3 is 2.50 bits per heavy atom. The SMILES string of the molecule is COc1cccc(Oc2c(N)ccc(F)c2F)c1. The highest BCUT2D eigenvalue weighted by Crippen LogP contribution is 2.32. The number of benzene rings is 2. The second-order valence-corrected chi connectivity index (χ2v) is 3.56. The monoisotopic (exact) mass is 251 g/mol. The van der Waals surface area contributed by atoms with E-state index in [4.69, 9.17) is 15.2 Å². The molecule has 0 aromatic heterocycles. The number of hydrogen-bond donors (Lipinski definition) is 1. The standard InChI is InChI=1S/C13H11F2NO2/c1-17-8-3-2-4-9(7-8)18-13-11(16)6-5-10(14)12(13)15/h2-7H,16H2,1H3. The number of methoxy groups -OCH3 is 1. The molecule has 0 fully saturated rings. The maximum absolute atomic E-state index is 13.5. The molecule has 0 atom stereocenters. The van der Waals surface area contributed by atoms with Gasteiger partial charge >= 0.3 is 0 Å². The number of hydrogen-bond acceptors (Lipinski definition) is 3. The number of halogens is 2. The van der Waals surface area contributed by atoms with Crippen molar-refractivity contribution < 1.29 is 18.3 Å². The molecule has 2 aromatic rings. The Hall–Kier alpha value is -2.30. The Morgan fingerprint density at radius 2 is 1.78 bits per heavy atom. The first kappa shape index (κ1) is 12.2. The van der Waals surface area contributed by atoms with E-state index in [0.29, 0.717) is 11.5 Å². The lowest BCUT2D eigenvalue weighted by Gasteiger charge is -2.10. The van der Waals surface area contributed by atoms with Gasteiger partial charge in [-0.15, -0.1) is 0 Å². The van der Waals surface area contributed by atoms with Crippen molar-refractivity contribution >= 4 is 5.69 Å². The van der Waals surface area contributed by atoms with Crippen LogP contribution in [-0.4, -0.2) is 7.11 Å². The van der Waals surface area contributed by atoms with Crippen LogP contribution in [0.2, 0.25) is 0 Å². The van der Waals surface area contributed by atoms with Gasteiger partial charge in [-0.05, 0) is 24.3 Å². The lowest BCUT2D eigenvalue weighted by atomic mass is 10.2. The van der Waals surface area contributed by atoms with Gasteiger partial charge in [0.05, 0.1) is 12.8 Å². The van der Waals surface area contributed by atoms with Crippen LogP contribution < -0.4 is 15.2 Å². The van der Waals surface area contributed by atoms with Gasteiger partial charge in [0.15, 0.2) is 11.6 Å². The number of nitrogens with two attached hydrogens (primary N) is 1. The van der Waals surface area contributed by atoms with Gasteiger partial charge in [0.2, 0.25) is 5.82 Å². The van der Waals surface area contributed by atoms with Crippen LogP contribution in [0.1, 0.15) is 0 Å². The predicted molar refractivity (Wildman–Crippen MR) is 63.8 cm³/mol. The molecule has 0 amide bonds. The smallest absolute Gasteiger partial charge is 0.203 e. The summed E-state index contributed by atoms with van der Waals surface area (Å²) < 4.78 is 36.8. The van der Waals surface area contributed by atoms with Crippen molar-refractivity contribution in [3.8, 4) is 17.2 Å². The van der Waals surface area contributed by atoms with Crippen LogP contribution in [0.5, 0.6) is 17.2 Å². The van der Waals surface area contributed by atoms with Crippen LogP contribution in [0.3, 0.4) is 0 Å². The Labute approximate surface area is 103 Å². The van der Waals surface area contributed by atoms with Crippen molar-refractivity contribution in [3.63, 3.8) is 0 Å². The second-order valence-electron chi connectivity index (χ2n) is 3.56. The van der Waals surface area contributed by atoms with Gasteiger partial charge in [-0.1, -0.05) is 6.07 Å². The van der Waals surface area contributed by atoms with Gasteiger partial charge in [0.1, 0.15) is 11.5 Å². The Morgan fingerprint density at radius 1 is 1.06 bits per heavy atom. The van der Waals surface area contributed by atoms with Gasteiger partial charge in [-0.3, -0.25) is 0 Å². The van der Waals surface area contributed by atoms with E-state index in [1.54, 1.807) is 24.3 Å². The quantitative estimate of drug-likeness (QED) is 0.851. The van der Waals surface area contributed by atoms with Crippen LogP contribution in [0.4, 0.5) is 14.5 Å². The topological polar surface area (TPSA) is 44.5 Å². The second kappa shape index (κ2) is 4.91. The zero-order valence-electron chi connectivity index (χ0n) is 9.61. The zero-order valence-corrected chi connectivity index (χ0v) is 9.61. The first-order valence-corrected chi connectivity index (χ1v) is 5.17. The van der Waals surface area contributed by atoms with Gasteiger partial charge < -0.3 is 15.2 Å². The third-order valence-electron chi connectivity index (χ3n) is 2.34. The number of ether oxygens (including phenoxy) is 2. The van der Waals surface area contributed by atoms with Crippen molar-refractivity contribution in [2.75, 3.05) is 12.8 Å². The summed E-state index contributed by atoms with van der Waals surface area (Å²) in [4.78, 5) is 0. The molecule has 94 valence electrons. The van der Waals surface area contributed by atoms with E-state index < -0.39 is 11.6 Å². The van der Waals surface area contributed by atoms with Crippen LogP contribution in [0, 0.1) is 11.6 Å². The van der Waals surface area contributed by atoms with Gasteiger partial charge in [-0.25, -0.2) is 4.39 Å². The van der Waals surface area contributed by atoms with Crippen molar-refractivity contribution in [1.82, 2.24) is 0 Å². The molecule has 0 saturated carbocycles. The summed E-state index contributed by atoms with van der Waals surface area (Å²) in [5.41, 5.74) is 5.57. The third kappa shape index (κ3) is 2.34. The van der Waals surface area contributed by atoms with Crippen LogP contribution >= 0.6 is 0 Å². The van der Waals surface area contributed by atoms with Gasteiger partial charge in [0.25, 0.3) is 0 Å². The maximum atomic E-state index is 13.5. The molecule has 5 heteroatoms. The Balaban J connectivity index is 2.36. The number of rotatable bonds is 3. The van der Waals surface area contributed by atoms with E-state index in [1.807, 2.05) is 0 Å². The van der Waals surface area contributed by atoms with Gasteiger partial charge in [0, 0.05) is 6.07 Å². The molecule has 0 heterocycles. The molecule has 0 spiro atoms. The Bertz CT molecular complexity index is 573. The van der Waals surface area contributed by atoms with E-state index >= 15 is 0 Å². The summed E-state index contributed by atoms with van der Waals surface area (Å²) in [6.07, 6.45) is 0.